The number of nitrogens with one attached hydrogen (secondary N) is 2. The summed E-state index contributed by atoms with van der Waals surface area (Å²) in [7, 11) is 2.16. The standard InChI is InChI=1S/C17H20N4O/c1-21-8-6-11(7-9-21)15-17-16(20-14(22)10-18-15)12-4-2-3-5-13(12)19-17/h2-5,11,19H,6-10H2,1H3,(H,20,22). The number of aromatic amines is 1. The highest BCUT2D eigenvalue weighted by molar-refractivity contribution is 6.17. The van der Waals surface area contributed by atoms with Gasteiger partial charge in [0.15, 0.2) is 0 Å². The van der Waals surface area contributed by atoms with Crippen molar-refractivity contribution in [3.8, 4) is 0 Å². The third-order valence-corrected chi connectivity index (χ3v) is 4.72. The molecule has 0 atom stereocenters. The summed E-state index contributed by atoms with van der Waals surface area (Å²) in [6, 6.07) is 8.09. The number of likely N-dealkylation sites (tertiary alicyclic amines) is 1. The Labute approximate surface area is 129 Å². The van der Waals surface area contributed by atoms with E-state index in [0.717, 1.165) is 53.9 Å². The number of piperidine rings is 1. The van der Waals surface area contributed by atoms with E-state index in [1.807, 2.05) is 24.3 Å². The van der Waals surface area contributed by atoms with Gasteiger partial charge in [-0.05, 0) is 39.0 Å². The molecule has 1 aromatic carbocycles. The maximum Gasteiger partial charge on any atom is 0.246 e. The van der Waals surface area contributed by atoms with Crippen LogP contribution in [-0.2, 0) is 4.79 Å². The first kappa shape index (κ1) is 13.5. The van der Waals surface area contributed by atoms with Crippen molar-refractivity contribution in [3.05, 3.63) is 30.0 Å². The predicted octanol–water partition coefficient (Wildman–Crippen LogP) is 2.25. The van der Waals surface area contributed by atoms with Gasteiger partial charge < -0.3 is 15.2 Å². The van der Waals surface area contributed by atoms with E-state index in [9.17, 15) is 4.79 Å². The number of anilines is 1. The van der Waals surface area contributed by atoms with E-state index in [2.05, 4.69) is 27.2 Å². The molecule has 2 N–H and O–H groups in total. The molecule has 114 valence electrons. The summed E-state index contributed by atoms with van der Waals surface area (Å²) in [4.78, 5) is 22.5. The van der Waals surface area contributed by atoms with Gasteiger partial charge in [-0.25, -0.2) is 0 Å². The van der Waals surface area contributed by atoms with E-state index < -0.39 is 0 Å². The van der Waals surface area contributed by atoms with Gasteiger partial charge in [0.05, 0.1) is 17.1 Å². The molecule has 0 radical (unpaired) electrons. The Morgan fingerprint density at radius 1 is 1.23 bits per heavy atom. The second kappa shape index (κ2) is 5.25. The summed E-state index contributed by atoms with van der Waals surface area (Å²) in [6.45, 7) is 2.39. The van der Waals surface area contributed by atoms with E-state index in [4.69, 9.17) is 0 Å². The topological polar surface area (TPSA) is 60.5 Å². The van der Waals surface area contributed by atoms with Gasteiger partial charge >= 0.3 is 0 Å². The lowest BCUT2D eigenvalue weighted by Crippen LogP contribution is -2.34. The van der Waals surface area contributed by atoms with Crippen molar-refractivity contribution in [3.63, 3.8) is 0 Å². The summed E-state index contributed by atoms with van der Waals surface area (Å²) in [5, 5.41) is 4.09. The molecule has 0 aliphatic carbocycles. The second-order valence-corrected chi connectivity index (χ2v) is 6.25. The summed E-state index contributed by atoms with van der Waals surface area (Å²) in [5.41, 5.74) is 4.02. The summed E-state index contributed by atoms with van der Waals surface area (Å²) in [5.74, 6) is 0.393. The number of benzene rings is 1. The van der Waals surface area contributed by atoms with Gasteiger partial charge in [-0.3, -0.25) is 9.79 Å². The molecule has 2 aliphatic heterocycles. The average molecular weight is 296 g/mol. The van der Waals surface area contributed by atoms with Crippen LogP contribution in [0.5, 0.6) is 0 Å². The smallest absolute Gasteiger partial charge is 0.246 e. The first-order valence-corrected chi connectivity index (χ1v) is 7.86. The number of aliphatic imine (C=N–C) groups is 1. The van der Waals surface area contributed by atoms with Crippen LogP contribution >= 0.6 is 0 Å². The Balaban J connectivity index is 1.81. The second-order valence-electron chi connectivity index (χ2n) is 6.25. The van der Waals surface area contributed by atoms with E-state index in [1.165, 1.54) is 0 Å². The van der Waals surface area contributed by atoms with Crippen LogP contribution in [0.15, 0.2) is 29.3 Å². The normalized spacial score (nSPS) is 20.4. The van der Waals surface area contributed by atoms with Crippen LogP contribution in [0.2, 0.25) is 0 Å². The number of rotatable bonds is 1. The van der Waals surface area contributed by atoms with Gasteiger partial charge in [0.25, 0.3) is 0 Å². The zero-order valence-electron chi connectivity index (χ0n) is 12.7. The van der Waals surface area contributed by atoms with Crippen LogP contribution in [0.4, 0.5) is 5.69 Å². The fraction of sp³-hybridized carbons (Fsp3) is 0.412. The zero-order valence-corrected chi connectivity index (χ0v) is 12.7. The number of aromatic nitrogens is 1. The molecule has 1 saturated heterocycles. The minimum absolute atomic E-state index is 0.0334. The van der Waals surface area contributed by atoms with Gasteiger partial charge in [-0.1, -0.05) is 18.2 Å². The lowest BCUT2D eigenvalue weighted by atomic mass is 9.90. The number of H-pyrrole nitrogens is 1. The monoisotopic (exact) mass is 296 g/mol. The molecule has 2 aliphatic rings. The van der Waals surface area contributed by atoms with Gasteiger partial charge in [-0.2, -0.15) is 0 Å². The van der Waals surface area contributed by atoms with Crippen LogP contribution < -0.4 is 5.32 Å². The predicted molar refractivity (Wildman–Crippen MR) is 88.6 cm³/mol. The van der Waals surface area contributed by atoms with Gasteiger partial charge in [0, 0.05) is 16.8 Å². The molecule has 3 heterocycles. The van der Waals surface area contributed by atoms with Crippen molar-refractivity contribution >= 4 is 28.2 Å². The van der Waals surface area contributed by atoms with Gasteiger partial charge in [-0.15, -0.1) is 0 Å². The molecule has 5 heteroatoms. The van der Waals surface area contributed by atoms with Crippen molar-refractivity contribution in [2.45, 2.75) is 12.8 Å². The third kappa shape index (κ3) is 2.22. The van der Waals surface area contributed by atoms with Crippen molar-refractivity contribution in [1.29, 1.82) is 0 Å². The van der Waals surface area contributed by atoms with Crippen LogP contribution in [0, 0.1) is 5.92 Å². The number of nitrogens with zero attached hydrogens (tertiary/aromatic N) is 2. The van der Waals surface area contributed by atoms with E-state index in [1.54, 1.807) is 0 Å². The van der Waals surface area contributed by atoms with E-state index in [-0.39, 0.29) is 12.5 Å². The molecular weight excluding hydrogens is 276 g/mol. The highest BCUT2D eigenvalue weighted by atomic mass is 16.1. The molecule has 4 rings (SSSR count). The number of carbonyl (C=O) groups is 1. The van der Waals surface area contributed by atoms with Crippen LogP contribution in [-0.4, -0.2) is 48.2 Å². The molecule has 1 fully saturated rings. The third-order valence-electron chi connectivity index (χ3n) is 4.72. The molecule has 1 amide bonds. The molecule has 0 bridgehead atoms. The number of fused-ring (bicyclic) bond motifs is 3. The van der Waals surface area contributed by atoms with E-state index in [0.29, 0.717) is 5.92 Å². The zero-order chi connectivity index (χ0) is 15.1. The first-order valence-electron chi connectivity index (χ1n) is 7.86. The fourth-order valence-electron chi connectivity index (χ4n) is 3.49. The maximum atomic E-state index is 12.0. The highest BCUT2D eigenvalue weighted by Crippen LogP contribution is 2.33. The molecule has 0 unspecified atom stereocenters. The first-order chi connectivity index (χ1) is 10.7. The van der Waals surface area contributed by atoms with Crippen molar-refractivity contribution in [1.82, 2.24) is 9.88 Å². The number of hydrogen-bond donors (Lipinski definition) is 2. The fourth-order valence-corrected chi connectivity index (χ4v) is 3.49. The summed E-state index contributed by atoms with van der Waals surface area (Å²) in [6.07, 6.45) is 2.19. The van der Waals surface area contributed by atoms with Gasteiger partial charge in [0.1, 0.15) is 6.54 Å². The lowest BCUT2D eigenvalue weighted by Gasteiger charge is -2.29. The van der Waals surface area contributed by atoms with Crippen LogP contribution in [0.25, 0.3) is 10.9 Å². The Kier molecular flexibility index (Phi) is 3.22. The van der Waals surface area contributed by atoms with Crippen LogP contribution in [0.1, 0.15) is 18.5 Å². The van der Waals surface area contributed by atoms with Gasteiger partial charge in [0.2, 0.25) is 5.91 Å². The highest BCUT2D eigenvalue weighted by Gasteiger charge is 2.28. The molecule has 5 nitrogen and oxygen atoms in total. The number of carbonyl (C=O) groups excluding carboxylic acids is 1. The van der Waals surface area contributed by atoms with Crippen molar-refractivity contribution in [2.24, 2.45) is 10.9 Å². The number of para-hydroxylation sites is 1. The average Bonchev–Trinajstić information content (AvgIpc) is 2.79. The molecular formula is C17H20N4O. The van der Waals surface area contributed by atoms with Crippen molar-refractivity contribution in [2.75, 3.05) is 32.0 Å². The van der Waals surface area contributed by atoms with E-state index >= 15 is 0 Å². The number of hydrogen-bond acceptors (Lipinski definition) is 3. The molecule has 0 spiro atoms. The minimum Gasteiger partial charge on any atom is -0.352 e. The Morgan fingerprint density at radius 2 is 2.00 bits per heavy atom. The maximum absolute atomic E-state index is 12.0. The Hall–Kier alpha value is -2.14. The number of amides is 1. The molecule has 0 saturated carbocycles. The lowest BCUT2D eigenvalue weighted by molar-refractivity contribution is -0.114. The summed E-state index contributed by atoms with van der Waals surface area (Å²) >= 11 is 0. The minimum atomic E-state index is -0.0334. The SMILES string of the molecule is CN1CCC(C2=NCC(=O)Nc3c2[nH]c2ccccc32)CC1. The Bertz CT molecular complexity index is 753. The quantitative estimate of drug-likeness (QED) is 0.848. The molecule has 2 aromatic rings. The molecule has 1 aromatic heterocycles. The Morgan fingerprint density at radius 3 is 2.82 bits per heavy atom. The van der Waals surface area contributed by atoms with Crippen molar-refractivity contribution < 1.29 is 4.79 Å². The molecule has 22 heavy (non-hydrogen) atoms. The summed E-state index contributed by atoms with van der Waals surface area (Å²) < 4.78 is 0. The van der Waals surface area contributed by atoms with Crippen LogP contribution in [0.3, 0.4) is 0 Å². The largest absolute Gasteiger partial charge is 0.352 e.